The Hall–Kier alpha value is 0.310. The molecule has 58 valence electrons. The lowest BCUT2D eigenvalue weighted by molar-refractivity contribution is 0.278. The maximum atomic E-state index is 9.59. The van der Waals surface area contributed by atoms with Gasteiger partial charge in [-0.1, -0.05) is 15.9 Å². The van der Waals surface area contributed by atoms with Gasteiger partial charge in [0.05, 0.1) is 6.61 Å². The highest BCUT2D eigenvalue weighted by Gasteiger charge is 1.89. The van der Waals surface area contributed by atoms with Gasteiger partial charge in [0.1, 0.15) is 0 Å². The molecule has 0 amide bonds. The Morgan fingerprint density at radius 1 is 1.56 bits per heavy atom. The Balaban J connectivity index is 0. The minimum atomic E-state index is -4.47. The molecule has 0 aromatic carbocycles. The summed E-state index contributed by atoms with van der Waals surface area (Å²) in [6, 6.07) is 0. The van der Waals surface area contributed by atoms with Crippen molar-refractivity contribution in [2.45, 2.75) is 0 Å². The summed E-state index contributed by atoms with van der Waals surface area (Å²) in [5, 5.41) is 0.342. The van der Waals surface area contributed by atoms with E-state index in [4.69, 9.17) is 0 Å². The quantitative estimate of drug-likeness (QED) is 0.419. The van der Waals surface area contributed by atoms with E-state index in [0.717, 1.165) is 0 Å². The van der Waals surface area contributed by atoms with Crippen LogP contribution in [-0.2, 0) is 14.6 Å². The summed E-state index contributed by atoms with van der Waals surface area (Å²) in [6.07, 6.45) is 0. The summed E-state index contributed by atoms with van der Waals surface area (Å²) in [7, 11) is -4.47. The number of hydrogen-bond donors (Lipinski definition) is 1. The molecular weight excluding hydrogens is 214 g/mol. The Morgan fingerprint density at radius 3 is 2.11 bits per heavy atom. The first kappa shape index (κ1) is 12.0. The lowest BCUT2D eigenvalue weighted by atomic mass is 10.9. The van der Waals surface area contributed by atoms with Gasteiger partial charge in [0.15, 0.2) is 0 Å². The van der Waals surface area contributed by atoms with Crippen LogP contribution < -0.4 is 6.15 Å². The van der Waals surface area contributed by atoms with Crippen molar-refractivity contribution in [1.29, 1.82) is 0 Å². The van der Waals surface area contributed by atoms with Crippen molar-refractivity contribution >= 4 is 26.3 Å². The SMILES string of the molecule is O=S(=O)([O-])OCCBr.[NH4+]. The highest BCUT2D eigenvalue weighted by Crippen LogP contribution is 1.86. The highest BCUT2D eigenvalue weighted by molar-refractivity contribution is 9.09. The molecule has 7 heteroatoms. The number of alkyl halides is 1. The Kier molecular flexibility index (Phi) is 6.85. The van der Waals surface area contributed by atoms with Gasteiger partial charge in [0.2, 0.25) is 10.4 Å². The molecule has 0 radical (unpaired) electrons. The Morgan fingerprint density at radius 2 is 2.00 bits per heavy atom. The van der Waals surface area contributed by atoms with Gasteiger partial charge < -0.3 is 10.7 Å². The third-order valence-electron chi connectivity index (χ3n) is 0.305. The maximum Gasteiger partial charge on any atom is 0.217 e. The van der Waals surface area contributed by atoms with Crippen LogP contribution in [0.1, 0.15) is 0 Å². The first-order valence-corrected chi connectivity index (χ1v) is 4.18. The lowest BCUT2D eigenvalue weighted by Crippen LogP contribution is -2.05. The lowest BCUT2D eigenvalue weighted by Gasteiger charge is -2.03. The van der Waals surface area contributed by atoms with E-state index in [1.54, 1.807) is 0 Å². The second-order valence-corrected chi connectivity index (χ2v) is 2.76. The van der Waals surface area contributed by atoms with E-state index in [1.165, 1.54) is 0 Å². The fraction of sp³-hybridized carbons (Fsp3) is 1.00. The van der Waals surface area contributed by atoms with Crippen molar-refractivity contribution in [1.82, 2.24) is 6.15 Å². The first-order valence-electron chi connectivity index (χ1n) is 1.72. The molecule has 0 saturated heterocycles. The molecule has 0 aliphatic rings. The van der Waals surface area contributed by atoms with E-state index < -0.39 is 10.4 Å². The molecule has 0 aromatic rings. The molecular formula is C2H8BrNO4S. The summed E-state index contributed by atoms with van der Waals surface area (Å²) >= 11 is 2.87. The molecule has 0 saturated carbocycles. The van der Waals surface area contributed by atoms with Crippen LogP contribution in [0.3, 0.4) is 0 Å². The van der Waals surface area contributed by atoms with Crippen molar-refractivity contribution in [3.63, 3.8) is 0 Å². The van der Waals surface area contributed by atoms with Crippen LogP contribution in [0.4, 0.5) is 0 Å². The molecule has 0 aliphatic heterocycles. The van der Waals surface area contributed by atoms with Gasteiger partial charge in [-0.25, -0.2) is 8.42 Å². The van der Waals surface area contributed by atoms with Gasteiger partial charge in [-0.15, -0.1) is 0 Å². The molecule has 0 aromatic heterocycles. The Bertz CT molecular complexity index is 143. The van der Waals surface area contributed by atoms with Crippen LogP contribution in [0.25, 0.3) is 0 Å². The van der Waals surface area contributed by atoms with E-state index in [0.29, 0.717) is 5.33 Å². The largest absolute Gasteiger partial charge is 0.726 e. The molecule has 0 atom stereocenters. The predicted molar refractivity (Wildman–Crippen MR) is 35.4 cm³/mol. The smallest absolute Gasteiger partial charge is 0.217 e. The topological polar surface area (TPSA) is 103 Å². The van der Waals surface area contributed by atoms with E-state index in [2.05, 4.69) is 20.1 Å². The zero-order chi connectivity index (χ0) is 6.62. The molecule has 5 nitrogen and oxygen atoms in total. The zero-order valence-electron chi connectivity index (χ0n) is 4.83. The van der Waals surface area contributed by atoms with Crippen LogP contribution in [0.2, 0.25) is 0 Å². The average molecular weight is 222 g/mol. The minimum absolute atomic E-state index is 0. The van der Waals surface area contributed by atoms with E-state index >= 15 is 0 Å². The van der Waals surface area contributed by atoms with Crippen LogP contribution in [0, 0.1) is 0 Å². The summed E-state index contributed by atoms with van der Waals surface area (Å²) in [4.78, 5) is 0. The molecule has 0 heterocycles. The standard InChI is InChI=1S/C2H5BrO4S.H3N/c3-1-2-7-8(4,5)6;/h1-2H2,(H,4,5,6);1H3. The fourth-order valence-corrected chi connectivity index (χ4v) is 0.797. The molecule has 9 heavy (non-hydrogen) atoms. The number of halogens is 1. The molecule has 0 unspecified atom stereocenters. The molecule has 0 fully saturated rings. The minimum Gasteiger partial charge on any atom is -0.726 e. The van der Waals surface area contributed by atoms with Crippen molar-refractivity contribution in [3.05, 3.63) is 0 Å². The van der Waals surface area contributed by atoms with Crippen molar-refractivity contribution < 1.29 is 17.2 Å². The van der Waals surface area contributed by atoms with E-state index in [9.17, 15) is 13.0 Å². The van der Waals surface area contributed by atoms with Gasteiger partial charge in [-0.3, -0.25) is 4.18 Å². The molecule has 0 rings (SSSR count). The number of rotatable bonds is 3. The summed E-state index contributed by atoms with van der Waals surface area (Å²) < 4.78 is 32.5. The van der Waals surface area contributed by atoms with E-state index in [1.807, 2.05) is 0 Å². The normalized spacial score (nSPS) is 10.4. The summed E-state index contributed by atoms with van der Waals surface area (Å²) in [5.74, 6) is 0. The van der Waals surface area contributed by atoms with Gasteiger partial charge in [-0.05, 0) is 0 Å². The third kappa shape index (κ3) is 11.7. The van der Waals surface area contributed by atoms with Crippen LogP contribution >= 0.6 is 15.9 Å². The van der Waals surface area contributed by atoms with Gasteiger partial charge >= 0.3 is 0 Å². The average Bonchev–Trinajstić information content (AvgIpc) is 1.59. The molecule has 4 N–H and O–H groups in total. The molecule has 0 aliphatic carbocycles. The van der Waals surface area contributed by atoms with Crippen LogP contribution in [-0.4, -0.2) is 24.9 Å². The first-order chi connectivity index (χ1) is 3.56. The second-order valence-electron chi connectivity index (χ2n) is 0.919. The molecule has 0 bridgehead atoms. The highest BCUT2D eigenvalue weighted by atomic mass is 79.9. The van der Waals surface area contributed by atoms with Gasteiger partial charge in [-0.2, -0.15) is 0 Å². The summed E-state index contributed by atoms with van der Waals surface area (Å²) in [6.45, 7) is -0.105. The Labute approximate surface area is 62.1 Å². The fourth-order valence-electron chi connectivity index (χ4n) is 0.134. The van der Waals surface area contributed by atoms with E-state index in [-0.39, 0.29) is 12.8 Å². The van der Waals surface area contributed by atoms with Gasteiger partial charge in [0.25, 0.3) is 0 Å². The van der Waals surface area contributed by atoms with Crippen LogP contribution in [0.5, 0.6) is 0 Å². The number of hydrogen-bond acceptors (Lipinski definition) is 4. The molecule has 0 spiro atoms. The third-order valence-corrected chi connectivity index (χ3v) is 1.08. The summed E-state index contributed by atoms with van der Waals surface area (Å²) in [5.41, 5.74) is 0. The second kappa shape index (κ2) is 5.12. The predicted octanol–water partition coefficient (Wildman–Crippen LogP) is 0.234. The number of quaternary nitrogens is 1. The zero-order valence-corrected chi connectivity index (χ0v) is 7.24. The van der Waals surface area contributed by atoms with Crippen molar-refractivity contribution in [2.75, 3.05) is 11.9 Å². The maximum absolute atomic E-state index is 9.59. The van der Waals surface area contributed by atoms with Crippen LogP contribution in [0.15, 0.2) is 0 Å². The monoisotopic (exact) mass is 221 g/mol. The van der Waals surface area contributed by atoms with Crippen molar-refractivity contribution in [2.24, 2.45) is 0 Å². The van der Waals surface area contributed by atoms with Gasteiger partial charge in [0, 0.05) is 5.33 Å². The van der Waals surface area contributed by atoms with Crippen molar-refractivity contribution in [3.8, 4) is 0 Å².